The molecule has 0 bridgehead atoms. The smallest absolute Gasteiger partial charge is 0.231 e. The van der Waals surface area contributed by atoms with Gasteiger partial charge in [0, 0.05) is 6.04 Å². The van der Waals surface area contributed by atoms with Gasteiger partial charge in [-0.1, -0.05) is 24.9 Å². The molecule has 0 aromatic carbocycles. The quantitative estimate of drug-likeness (QED) is 0.876. The zero-order valence-electron chi connectivity index (χ0n) is 10.6. The maximum atomic E-state index is 5.42. The van der Waals surface area contributed by atoms with E-state index in [-0.39, 0.29) is 0 Å². The molecule has 2 atom stereocenters. The first kappa shape index (κ1) is 12.9. The van der Waals surface area contributed by atoms with Gasteiger partial charge in [-0.05, 0) is 25.6 Å². The molecule has 1 aromatic rings. The highest BCUT2D eigenvalue weighted by molar-refractivity contribution is 7.97. The van der Waals surface area contributed by atoms with E-state index >= 15 is 0 Å². The Bertz CT molecular complexity index is 340. The van der Waals surface area contributed by atoms with Gasteiger partial charge in [-0.2, -0.15) is 16.7 Å². The second-order valence-corrected chi connectivity index (χ2v) is 5.40. The summed E-state index contributed by atoms with van der Waals surface area (Å²) in [6.45, 7) is 3.16. The monoisotopic (exact) mass is 255 g/mol. The zero-order chi connectivity index (χ0) is 12.1. The van der Waals surface area contributed by atoms with Crippen LogP contribution in [0.4, 0.5) is 0 Å². The van der Waals surface area contributed by atoms with Crippen molar-refractivity contribution in [3.05, 3.63) is 11.7 Å². The van der Waals surface area contributed by atoms with E-state index in [1.54, 1.807) is 11.8 Å². The van der Waals surface area contributed by atoms with Gasteiger partial charge in [-0.25, -0.2) is 0 Å². The summed E-state index contributed by atoms with van der Waals surface area (Å²) < 4.78 is 5.42. The van der Waals surface area contributed by atoms with Crippen LogP contribution in [0.3, 0.4) is 0 Å². The van der Waals surface area contributed by atoms with Crippen molar-refractivity contribution in [1.29, 1.82) is 0 Å². The van der Waals surface area contributed by atoms with E-state index in [1.165, 1.54) is 25.7 Å². The minimum Gasteiger partial charge on any atom is -0.339 e. The lowest BCUT2D eigenvalue weighted by atomic mass is 9.84. The highest BCUT2D eigenvalue weighted by Crippen LogP contribution is 2.32. The molecule has 96 valence electrons. The van der Waals surface area contributed by atoms with Gasteiger partial charge in [0.1, 0.15) is 0 Å². The average Bonchev–Trinajstić information content (AvgIpc) is 2.79. The number of hydrogen-bond acceptors (Lipinski definition) is 5. The third kappa shape index (κ3) is 3.22. The first-order valence-corrected chi connectivity index (χ1v) is 7.79. The third-order valence-corrected chi connectivity index (χ3v) is 3.85. The molecule has 1 fully saturated rings. The van der Waals surface area contributed by atoms with E-state index in [9.17, 15) is 0 Å². The molecule has 2 rings (SSSR count). The van der Waals surface area contributed by atoms with Crippen molar-refractivity contribution in [2.75, 3.05) is 12.8 Å². The van der Waals surface area contributed by atoms with Gasteiger partial charge in [0.05, 0.1) is 11.7 Å². The van der Waals surface area contributed by atoms with Crippen molar-refractivity contribution < 1.29 is 4.52 Å². The van der Waals surface area contributed by atoms with Crippen LogP contribution in [0.2, 0.25) is 0 Å². The van der Waals surface area contributed by atoms with Gasteiger partial charge in [0.2, 0.25) is 5.89 Å². The topological polar surface area (TPSA) is 51.0 Å². The molecule has 0 radical (unpaired) electrons. The highest BCUT2D eigenvalue weighted by atomic mass is 32.2. The first-order chi connectivity index (χ1) is 8.35. The van der Waals surface area contributed by atoms with E-state index in [4.69, 9.17) is 4.52 Å². The van der Waals surface area contributed by atoms with E-state index in [0.29, 0.717) is 12.0 Å². The van der Waals surface area contributed by atoms with E-state index in [2.05, 4.69) is 28.6 Å². The second kappa shape index (κ2) is 6.40. The summed E-state index contributed by atoms with van der Waals surface area (Å²) in [7, 11) is 0. The Hall–Kier alpha value is -0.550. The van der Waals surface area contributed by atoms with Crippen molar-refractivity contribution in [1.82, 2.24) is 15.5 Å². The van der Waals surface area contributed by atoms with Crippen LogP contribution in [0.5, 0.6) is 0 Å². The van der Waals surface area contributed by atoms with Crippen LogP contribution in [0.15, 0.2) is 4.52 Å². The predicted octanol–water partition coefficient (Wildman–Crippen LogP) is 2.57. The van der Waals surface area contributed by atoms with Crippen molar-refractivity contribution in [2.45, 2.75) is 50.3 Å². The molecule has 1 heterocycles. The Labute approximate surface area is 107 Å². The van der Waals surface area contributed by atoms with E-state index < -0.39 is 0 Å². The van der Waals surface area contributed by atoms with Crippen LogP contribution < -0.4 is 5.32 Å². The molecule has 0 aliphatic heterocycles. The Morgan fingerprint density at radius 3 is 3.00 bits per heavy atom. The van der Waals surface area contributed by atoms with Gasteiger partial charge < -0.3 is 9.84 Å². The number of likely N-dealkylation sites (N-methyl/N-ethyl adjacent to an activating group) is 1. The van der Waals surface area contributed by atoms with Crippen LogP contribution in [-0.4, -0.2) is 29.0 Å². The molecular formula is C12H21N3OS. The third-order valence-electron chi connectivity index (χ3n) is 3.31. The van der Waals surface area contributed by atoms with Gasteiger partial charge in [-0.15, -0.1) is 0 Å². The van der Waals surface area contributed by atoms with Crippen LogP contribution >= 0.6 is 11.8 Å². The molecule has 1 saturated carbocycles. The summed E-state index contributed by atoms with van der Waals surface area (Å²) >= 11 is 1.73. The van der Waals surface area contributed by atoms with Crippen molar-refractivity contribution in [2.24, 2.45) is 0 Å². The number of aromatic nitrogens is 2. The van der Waals surface area contributed by atoms with Gasteiger partial charge in [-0.3, -0.25) is 0 Å². The summed E-state index contributed by atoms with van der Waals surface area (Å²) in [4.78, 5) is 4.52. The standard InChI is InChI=1S/C12H21N3OS/c1-3-13-10-7-5-4-6-9(10)12-14-11(8-17-2)15-16-12/h9-10,13H,3-8H2,1-2H3. The Morgan fingerprint density at radius 1 is 1.41 bits per heavy atom. The lowest BCUT2D eigenvalue weighted by molar-refractivity contribution is 0.264. The van der Waals surface area contributed by atoms with Gasteiger partial charge >= 0.3 is 0 Å². The number of nitrogens with zero attached hydrogens (tertiary/aromatic N) is 2. The fourth-order valence-electron chi connectivity index (χ4n) is 2.54. The molecule has 17 heavy (non-hydrogen) atoms. The summed E-state index contributed by atoms with van der Waals surface area (Å²) in [6.07, 6.45) is 7.02. The first-order valence-electron chi connectivity index (χ1n) is 6.40. The molecular weight excluding hydrogens is 234 g/mol. The molecule has 2 unspecified atom stereocenters. The van der Waals surface area contributed by atoms with Crippen LogP contribution in [0, 0.1) is 0 Å². The van der Waals surface area contributed by atoms with E-state index in [0.717, 1.165) is 24.0 Å². The van der Waals surface area contributed by atoms with Crippen LogP contribution in [0.25, 0.3) is 0 Å². The molecule has 0 amide bonds. The summed E-state index contributed by atoms with van der Waals surface area (Å²) in [6, 6.07) is 0.510. The molecule has 1 aromatic heterocycles. The molecule has 0 saturated heterocycles. The van der Waals surface area contributed by atoms with Crippen LogP contribution in [-0.2, 0) is 5.75 Å². The minimum absolute atomic E-state index is 0.409. The molecule has 1 N–H and O–H groups in total. The molecule has 4 nitrogen and oxygen atoms in total. The Balaban J connectivity index is 2.06. The predicted molar refractivity (Wildman–Crippen MR) is 70.2 cm³/mol. The largest absolute Gasteiger partial charge is 0.339 e. The molecule has 5 heteroatoms. The minimum atomic E-state index is 0.409. The average molecular weight is 255 g/mol. The van der Waals surface area contributed by atoms with Crippen LogP contribution in [0.1, 0.15) is 50.2 Å². The Morgan fingerprint density at radius 2 is 2.24 bits per heavy atom. The molecule has 0 spiro atoms. The van der Waals surface area contributed by atoms with Crippen molar-refractivity contribution in [3.8, 4) is 0 Å². The van der Waals surface area contributed by atoms with Crippen molar-refractivity contribution >= 4 is 11.8 Å². The maximum Gasteiger partial charge on any atom is 0.231 e. The molecule has 1 aliphatic carbocycles. The summed E-state index contributed by atoms with van der Waals surface area (Å²) in [5.74, 6) is 2.90. The fraction of sp³-hybridized carbons (Fsp3) is 0.833. The number of rotatable bonds is 5. The SMILES string of the molecule is CCNC1CCCCC1c1nc(CSC)no1. The lowest BCUT2D eigenvalue weighted by Crippen LogP contribution is -2.37. The molecule has 1 aliphatic rings. The number of hydrogen-bond donors (Lipinski definition) is 1. The highest BCUT2D eigenvalue weighted by Gasteiger charge is 2.30. The summed E-state index contributed by atoms with van der Waals surface area (Å²) in [5.41, 5.74) is 0. The van der Waals surface area contributed by atoms with Gasteiger partial charge in [0.25, 0.3) is 0 Å². The second-order valence-electron chi connectivity index (χ2n) is 4.54. The van der Waals surface area contributed by atoms with E-state index in [1.807, 2.05) is 0 Å². The van der Waals surface area contributed by atoms with Crippen molar-refractivity contribution in [3.63, 3.8) is 0 Å². The lowest BCUT2D eigenvalue weighted by Gasteiger charge is -2.29. The number of nitrogens with one attached hydrogen (secondary N) is 1. The zero-order valence-corrected chi connectivity index (χ0v) is 11.4. The number of thioether (sulfide) groups is 1. The maximum absolute atomic E-state index is 5.42. The van der Waals surface area contributed by atoms with Gasteiger partial charge in [0.15, 0.2) is 5.82 Å². The normalized spacial score (nSPS) is 25.1. The fourth-order valence-corrected chi connectivity index (χ4v) is 2.91. The Kier molecular flexibility index (Phi) is 4.86. The summed E-state index contributed by atoms with van der Waals surface area (Å²) in [5, 5.41) is 7.58.